The number of hydrogen-bond acceptors (Lipinski definition) is 3. The normalized spacial score (nSPS) is 21.3. The molecule has 7 heteroatoms. The maximum Gasteiger partial charge on any atom is 0.270 e. The molecule has 0 aromatic carbocycles. The van der Waals surface area contributed by atoms with Crippen LogP contribution in [0.15, 0.2) is 6.07 Å². The van der Waals surface area contributed by atoms with Gasteiger partial charge in [-0.25, -0.2) is 0 Å². The Labute approximate surface area is 116 Å². The van der Waals surface area contributed by atoms with Gasteiger partial charge in [0.25, 0.3) is 5.91 Å². The molecule has 1 atom stereocenters. The molecule has 1 aliphatic rings. The number of carbonyl (C=O) groups is 1. The third-order valence-corrected chi connectivity index (χ3v) is 3.87. The first-order chi connectivity index (χ1) is 8.52. The predicted octanol–water partition coefficient (Wildman–Crippen LogP) is 1.04. The van der Waals surface area contributed by atoms with E-state index in [1.165, 1.54) is 0 Å². The lowest BCUT2D eigenvalue weighted by Gasteiger charge is -2.39. The third-order valence-electron chi connectivity index (χ3n) is 3.17. The minimum Gasteiger partial charge on any atom is -0.340 e. The maximum atomic E-state index is 12.3. The highest BCUT2D eigenvalue weighted by molar-refractivity contribution is 6.41. The summed E-state index contributed by atoms with van der Waals surface area (Å²) in [5, 5.41) is 0.650. The molecule has 100 valence electrons. The van der Waals surface area contributed by atoms with Gasteiger partial charge in [-0.1, -0.05) is 23.2 Å². The zero-order valence-corrected chi connectivity index (χ0v) is 11.6. The number of H-pyrrole nitrogens is 1. The van der Waals surface area contributed by atoms with Crippen LogP contribution in [0.25, 0.3) is 0 Å². The maximum absolute atomic E-state index is 12.3. The zero-order valence-electron chi connectivity index (χ0n) is 10.1. The molecule has 18 heavy (non-hydrogen) atoms. The first-order valence-corrected chi connectivity index (χ1v) is 6.52. The molecular formula is C11H16Cl2N4O. The first kappa shape index (κ1) is 13.7. The summed E-state index contributed by atoms with van der Waals surface area (Å²) >= 11 is 11.7. The fourth-order valence-electron chi connectivity index (χ4n) is 2.15. The lowest BCUT2D eigenvalue weighted by atomic mass is 10.1. The van der Waals surface area contributed by atoms with Gasteiger partial charge >= 0.3 is 0 Å². The van der Waals surface area contributed by atoms with E-state index < -0.39 is 0 Å². The van der Waals surface area contributed by atoms with E-state index in [-0.39, 0.29) is 11.9 Å². The Morgan fingerprint density at radius 1 is 1.56 bits per heavy atom. The molecule has 1 unspecified atom stereocenters. The van der Waals surface area contributed by atoms with Gasteiger partial charge < -0.3 is 20.5 Å². The van der Waals surface area contributed by atoms with E-state index in [2.05, 4.69) is 9.88 Å². The largest absolute Gasteiger partial charge is 0.340 e. The number of amides is 1. The second-order valence-electron chi connectivity index (χ2n) is 4.50. The highest BCUT2D eigenvalue weighted by Crippen LogP contribution is 2.23. The monoisotopic (exact) mass is 290 g/mol. The van der Waals surface area contributed by atoms with Crippen molar-refractivity contribution in [2.75, 3.05) is 33.2 Å². The van der Waals surface area contributed by atoms with E-state index in [0.29, 0.717) is 29.0 Å². The quantitative estimate of drug-likeness (QED) is 0.855. The SMILES string of the molecule is CN1CCN(C(=O)c2cc(Cl)c(Cl)[nH]2)C(CN)C1. The topological polar surface area (TPSA) is 65.4 Å². The van der Waals surface area contributed by atoms with Crippen molar-refractivity contribution in [1.82, 2.24) is 14.8 Å². The van der Waals surface area contributed by atoms with E-state index in [4.69, 9.17) is 28.9 Å². The molecule has 2 rings (SSSR count). The van der Waals surface area contributed by atoms with Crippen molar-refractivity contribution in [3.8, 4) is 0 Å². The minimum atomic E-state index is -0.104. The highest BCUT2D eigenvalue weighted by atomic mass is 35.5. The van der Waals surface area contributed by atoms with E-state index >= 15 is 0 Å². The average Bonchev–Trinajstić information content (AvgIpc) is 2.68. The van der Waals surface area contributed by atoms with Crippen LogP contribution in [0.5, 0.6) is 0 Å². The van der Waals surface area contributed by atoms with Gasteiger partial charge in [0.05, 0.1) is 11.1 Å². The standard InChI is InChI=1S/C11H16Cl2N4O/c1-16-2-3-17(7(5-14)6-16)11(18)9-4-8(12)10(13)15-9/h4,7,15H,2-3,5-6,14H2,1H3. The molecule has 1 amide bonds. The van der Waals surface area contributed by atoms with Crippen molar-refractivity contribution in [3.63, 3.8) is 0 Å². The van der Waals surface area contributed by atoms with Crippen LogP contribution >= 0.6 is 23.2 Å². The molecule has 0 aliphatic carbocycles. The molecule has 3 N–H and O–H groups in total. The number of piperazine rings is 1. The first-order valence-electron chi connectivity index (χ1n) is 5.76. The van der Waals surface area contributed by atoms with E-state index in [9.17, 15) is 4.79 Å². The van der Waals surface area contributed by atoms with Crippen LogP contribution in [0.4, 0.5) is 0 Å². The van der Waals surface area contributed by atoms with Gasteiger partial charge in [0.2, 0.25) is 0 Å². The lowest BCUT2D eigenvalue weighted by Crippen LogP contribution is -2.56. The van der Waals surface area contributed by atoms with Crippen LogP contribution in [0.2, 0.25) is 10.2 Å². The second kappa shape index (κ2) is 5.48. The number of likely N-dealkylation sites (N-methyl/N-ethyl adjacent to an activating group) is 1. The summed E-state index contributed by atoms with van der Waals surface area (Å²) in [6.45, 7) is 2.72. The number of nitrogens with two attached hydrogens (primary N) is 1. The van der Waals surface area contributed by atoms with Crippen LogP contribution in [-0.2, 0) is 0 Å². The Balaban J connectivity index is 2.17. The summed E-state index contributed by atoms with van der Waals surface area (Å²) in [7, 11) is 2.02. The fraction of sp³-hybridized carbons (Fsp3) is 0.545. The highest BCUT2D eigenvalue weighted by Gasteiger charge is 2.29. The Hall–Kier alpha value is -0.750. The van der Waals surface area contributed by atoms with Crippen molar-refractivity contribution in [2.24, 2.45) is 5.73 Å². The summed E-state index contributed by atoms with van der Waals surface area (Å²) in [5.41, 5.74) is 6.13. The third kappa shape index (κ3) is 2.64. The molecule has 1 fully saturated rings. The molecule has 1 aliphatic heterocycles. The Morgan fingerprint density at radius 2 is 2.28 bits per heavy atom. The van der Waals surface area contributed by atoms with Gasteiger partial charge in [0.1, 0.15) is 10.8 Å². The number of aromatic nitrogens is 1. The zero-order chi connectivity index (χ0) is 13.3. The summed E-state index contributed by atoms with van der Waals surface area (Å²) in [5.74, 6) is -0.104. The van der Waals surface area contributed by atoms with Gasteiger partial charge in [0.15, 0.2) is 0 Å². The van der Waals surface area contributed by atoms with Gasteiger partial charge in [-0.15, -0.1) is 0 Å². The van der Waals surface area contributed by atoms with Gasteiger partial charge in [0, 0.05) is 26.2 Å². The van der Waals surface area contributed by atoms with E-state index in [0.717, 1.165) is 13.1 Å². The van der Waals surface area contributed by atoms with E-state index in [1.54, 1.807) is 11.0 Å². The number of halogens is 2. The van der Waals surface area contributed by atoms with Gasteiger partial charge in [-0.2, -0.15) is 0 Å². The molecule has 1 aromatic rings. The summed E-state index contributed by atoms with van der Waals surface area (Å²) in [6, 6.07) is 1.58. The molecular weight excluding hydrogens is 275 g/mol. The smallest absolute Gasteiger partial charge is 0.270 e. The molecule has 0 saturated carbocycles. The number of aromatic amines is 1. The van der Waals surface area contributed by atoms with E-state index in [1.807, 2.05) is 7.05 Å². The summed E-state index contributed by atoms with van der Waals surface area (Å²) in [4.78, 5) is 19.1. The number of nitrogens with one attached hydrogen (secondary N) is 1. The Morgan fingerprint density at radius 3 is 2.83 bits per heavy atom. The molecule has 1 saturated heterocycles. The Kier molecular flexibility index (Phi) is 4.17. The Bertz CT molecular complexity index is 429. The van der Waals surface area contributed by atoms with Crippen molar-refractivity contribution in [1.29, 1.82) is 0 Å². The van der Waals surface area contributed by atoms with Gasteiger partial charge in [-0.3, -0.25) is 4.79 Å². The van der Waals surface area contributed by atoms with Crippen LogP contribution in [0, 0.1) is 0 Å². The van der Waals surface area contributed by atoms with Crippen molar-refractivity contribution >= 4 is 29.1 Å². The summed E-state index contributed by atoms with van der Waals surface area (Å²) in [6.07, 6.45) is 0. The van der Waals surface area contributed by atoms with Crippen molar-refractivity contribution in [3.05, 3.63) is 21.9 Å². The molecule has 1 aromatic heterocycles. The molecule has 0 bridgehead atoms. The minimum absolute atomic E-state index is 0.0251. The number of carbonyl (C=O) groups excluding carboxylic acids is 1. The van der Waals surface area contributed by atoms with Crippen LogP contribution in [-0.4, -0.2) is 60.0 Å². The van der Waals surface area contributed by atoms with Crippen LogP contribution in [0.1, 0.15) is 10.5 Å². The van der Waals surface area contributed by atoms with Crippen molar-refractivity contribution in [2.45, 2.75) is 6.04 Å². The number of hydrogen-bond donors (Lipinski definition) is 2. The molecule has 0 radical (unpaired) electrons. The molecule has 2 heterocycles. The molecule has 5 nitrogen and oxygen atoms in total. The summed E-state index contributed by atoms with van der Waals surface area (Å²) < 4.78 is 0. The average molecular weight is 291 g/mol. The number of nitrogens with zero attached hydrogens (tertiary/aromatic N) is 2. The van der Waals surface area contributed by atoms with Crippen LogP contribution < -0.4 is 5.73 Å². The molecule has 0 spiro atoms. The van der Waals surface area contributed by atoms with Crippen molar-refractivity contribution < 1.29 is 4.79 Å². The fourth-order valence-corrected chi connectivity index (χ4v) is 2.47. The predicted molar refractivity (Wildman–Crippen MR) is 72.2 cm³/mol. The number of rotatable bonds is 2. The second-order valence-corrected chi connectivity index (χ2v) is 5.28. The van der Waals surface area contributed by atoms with Gasteiger partial charge in [-0.05, 0) is 13.1 Å². The van der Waals surface area contributed by atoms with Crippen LogP contribution in [0.3, 0.4) is 0 Å². The lowest BCUT2D eigenvalue weighted by molar-refractivity contribution is 0.0511.